The van der Waals surface area contributed by atoms with Gasteiger partial charge >= 0.3 is 0 Å². The van der Waals surface area contributed by atoms with E-state index < -0.39 is 0 Å². The minimum absolute atomic E-state index is 0.403. The van der Waals surface area contributed by atoms with Crippen LogP contribution in [-0.2, 0) is 4.74 Å². The second-order valence-corrected chi connectivity index (χ2v) is 5.87. The second kappa shape index (κ2) is 5.03. The van der Waals surface area contributed by atoms with Crippen LogP contribution in [0.1, 0.15) is 33.6 Å². The summed E-state index contributed by atoms with van der Waals surface area (Å²) in [6.45, 7) is 12.5. The van der Waals surface area contributed by atoms with Crippen molar-refractivity contribution in [3.8, 4) is 0 Å². The molecule has 0 spiro atoms. The van der Waals surface area contributed by atoms with Gasteiger partial charge in [-0.2, -0.15) is 0 Å². The average molecular weight is 226 g/mol. The van der Waals surface area contributed by atoms with Crippen LogP contribution < -0.4 is 5.32 Å². The molecule has 3 heteroatoms. The van der Waals surface area contributed by atoms with Gasteiger partial charge in [0.2, 0.25) is 0 Å². The Kier molecular flexibility index (Phi) is 3.88. The van der Waals surface area contributed by atoms with Gasteiger partial charge in [-0.3, -0.25) is 4.90 Å². The fourth-order valence-corrected chi connectivity index (χ4v) is 2.98. The Morgan fingerprint density at radius 3 is 2.94 bits per heavy atom. The van der Waals surface area contributed by atoms with Crippen LogP contribution in [0.2, 0.25) is 0 Å². The van der Waals surface area contributed by atoms with Gasteiger partial charge in [-0.25, -0.2) is 0 Å². The zero-order valence-electron chi connectivity index (χ0n) is 11.0. The summed E-state index contributed by atoms with van der Waals surface area (Å²) in [4.78, 5) is 2.65. The molecule has 0 aliphatic carbocycles. The highest BCUT2D eigenvalue weighted by atomic mass is 16.5. The van der Waals surface area contributed by atoms with Crippen molar-refractivity contribution in [3.05, 3.63) is 0 Å². The number of hydrogen-bond donors (Lipinski definition) is 1. The highest BCUT2D eigenvalue weighted by molar-refractivity contribution is 4.89. The van der Waals surface area contributed by atoms with Crippen molar-refractivity contribution in [1.82, 2.24) is 10.2 Å². The molecular weight excluding hydrogens is 200 g/mol. The summed E-state index contributed by atoms with van der Waals surface area (Å²) in [5.74, 6) is 0. The zero-order valence-corrected chi connectivity index (χ0v) is 11.0. The molecule has 3 atom stereocenters. The molecule has 2 heterocycles. The predicted molar refractivity (Wildman–Crippen MR) is 66.7 cm³/mol. The maximum Gasteiger partial charge on any atom is 0.0674 e. The first-order valence-corrected chi connectivity index (χ1v) is 6.69. The molecule has 0 aromatic heterocycles. The molecule has 2 saturated heterocycles. The molecular formula is C13H26N2O. The smallest absolute Gasteiger partial charge is 0.0674 e. The van der Waals surface area contributed by atoms with Crippen molar-refractivity contribution in [2.45, 2.75) is 45.8 Å². The van der Waals surface area contributed by atoms with E-state index in [2.05, 4.69) is 31.0 Å². The van der Waals surface area contributed by atoms with Crippen molar-refractivity contribution in [3.63, 3.8) is 0 Å². The number of rotatable bonds is 3. The lowest BCUT2D eigenvalue weighted by Crippen LogP contribution is -2.52. The normalized spacial score (nSPS) is 41.4. The third-order valence-corrected chi connectivity index (χ3v) is 4.09. The van der Waals surface area contributed by atoms with Gasteiger partial charge in [0.25, 0.3) is 0 Å². The lowest BCUT2D eigenvalue weighted by atomic mass is 9.88. The summed E-state index contributed by atoms with van der Waals surface area (Å²) in [5, 5.41) is 3.49. The van der Waals surface area contributed by atoms with E-state index in [0.29, 0.717) is 17.6 Å². The molecule has 0 bridgehead atoms. The summed E-state index contributed by atoms with van der Waals surface area (Å²) in [7, 11) is 0. The first-order chi connectivity index (χ1) is 7.63. The molecule has 2 rings (SSSR count). The standard InChI is InChI=1S/C13H26N2O/c1-4-12-8-16-11(2)7-15(12)10-13(3)5-6-14-9-13/h11-12,14H,4-10H2,1-3H3. The van der Waals surface area contributed by atoms with Crippen LogP contribution >= 0.6 is 0 Å². The molecule has 94 valence electrons. The van der Waals surface area contributed by atoms with Crippen molar-refractivity contribution < 1.29 is 4.74 Å². The second-order valence-electron chi connectivity index (χ2n) is 5.87. The number of hydrogen-bond acceptors (Lipinski definition) is 3. The Morgan fingerprint density at radius 1 is 1.50 bits per heavy atom. The Morgan fingerprint density at radius 2 is 2.31 bits per heavy atom. The van der Waals surface area contributed by atoms with Crippen molar-refractivity contribution >= 4 is 0 Å². The summed E-state index contributed by atoms with van der Waals surface area (Å²) in [6, 6.07) is 0.633. The summed E-state index contributed by atoms with van der Waals surface area (Å²) >= 11 is 0. The van der Waals surface area contributed by atoms with Crippen LogP contribution in [0.3, 0.4) is 0 Å². The molecule has 0 saturated carbocycles. The molecule has 3 unspecified atom stereocenters. The highest BCUT2D eigenvalue weighted by Gasteiger charge is 2.34. The number of nitrogens with one attached hydrogen (secondary N) is 1. The maximum absolute atomic E-state index is 5.75. The van der Waals surface area contributed by atoms with Gasteiger partial charge in [-0.15, -0.1) is 0 Å². The van der Waals surface area contributed by atoms with Gasteiger partial charge in [0.1, 0.15) is 0 Å². The van der Waals surface area contributed by atoms with Crippen LogP contribution in [0.5, 0.6) is 0 Å². The van der Waals surface area contributed by atoms with Crippen molar-refractivity contribution in [2.75, 3.05) is 32.8 Å². The van der Waals surface area contributed by atoms with E-state index in [9.17, 15) is 0 Å². The van der Waals surface area contributed by atoms with Gasteiger partial charge < -0.3 is 10.1 Å². The minimum Gasteiger partial charge on any atom is -0.376 e. The number of morpholine rings is 1. The molecule has 2 fully saturated rings. The first-order valence-electron chi connectivity index (χ1n) is 6.69. The van der Waals surface area contributed by atoms with E-state index in [1.165, 1.54) is 32.5 Å². The molecule has 2 aliphatic rings. The number of nitrogens with zero attached hydrogens (tertiary/aromatic N) is 1. The Bertz CT molecular complexity index is 226. The van der Waals surface area contributed by atoms with E-state index >= 15 is 0 Å². The highest BCUT2D eigenvalue weighted by Crippen LogP contribution is 2.28. The van der Waals surface area contributed by atoms with Crippen molar-refractivity contribution in [2.24, 2.45) is 5.41 Å². The number of ether oxygens (including phenoxy) is 1. The molecule has 16 heavy (non-hydrogen) atoms. The quantitative estimate of drug-likeness (QED) is 0.789. The third kappa shape index (κ3) is 2.76. The average Bonchev–Trinajstić information content (AvgIpc) is 2.65. The van der Waals surface area contributed by atoms with Crippen molar-refractivity contribution in [1.29, 1.82) is 0 Å². The third-order valence-electron chi connectivity index (χ3n) is 4.09. The fraction of sp³-hybridized carbons (Fsp3) is 1.00. The SMILES string of the molecule is CCC1COC(C)CN1CC1(C)CCNC1. The van der Waals surface area contributed by atoms with Crippen LogP contribution in [0, 0.1) is 5.41 Å². The lowest BCUT2D eigenvalue weighted by Gasteiger charge is -2.42. The Hall–Kier alpha value is -0.120. The van der Waals surface area contributed by atoms with Gasteiger partial charge in [-0.1, -0.05) is 13.8 Å². The molecule has 0 amide bonds. The maximum atomic E-state index is 5.75. The molecule has 1 N–H and O–H groups in total. The van der Waals surface area contributed by atoms with Crippen LogP contribution in [-0.4, -0.2) is 49.8 Å². The Labute approximate surface area is 99.5 Å². The van der Waals surface area contributed by atoms with Crippen LogP contribution in [0.15, 0.2) is 0 Å². The summed E-state index contributed by atoms with van der Waals surface area (Å²) < 4.78 is 5.75. The van der Waals surface area contributed by atoms with E-state index in [-0.39, 0.29) is 0 Å². The Balaban J connectivity index is 1.94. The van der Waals surface area contributed by atoms with E-state index in [4.69, 9.17) is 4.74 Å². The fourth-order valence-electron chi connectivity index (χ4n) is 2.98. The predicted octanol–water partition coefficient (Wildman–Crippen LogP) is 1.49. The van der Waals surface area contributed by atoms with Gasteiger partial charge in [-0.05, 0) is 31.7 Å². The van der Waals surface area contributed by atoms with Gasteiger partial charge in [0.15, 0.2) is 0 Å². The minimum atomic E-state index is 0.403. The summed E-state index contributed by atoms with van der Waals surface area (Å²) in [5.41, 5.74) is 0.477. The van der Waals surface area contributed by atoms with Crippen LogP contribution in [0.25, 0.3) is 0 Å². The van der Waals surface area contributed by atoms with E-state index in [1.54, 1.807) is 0 Å². The topological polar surface area (TPSA) is 24.5 Å². The first kappa shape index (κ1) is 12.3. The molecule has 0 aromatic rings. The molecule has 2 aliphatic heterocycles. The largest absolute Gasteiger partial charge is 0.376 e. The molecule has 0 radical (unpaired) electrons. The van der Waals surface area contributed by atoms with Gasteiger partial charge in [0, 0.05) is 25.7 Å². The zero-order chi connectivity index (χ0) is 11.6. The van der Waals surface area contributed by atoms with Gasteiger partial charge in [0.05, 0.1) is 12.7 Å². The summed E-state index contributed by atoms with van der Waals surface area (Å²) in [6.07, 6.45) is 2.92. The lowest BCUT2D eigenvalue weighted by molar-refractivity contribution is -0.0663. The molecule has 3 nitrogen and oxygen atoms in total. The van der Waals surface area contributed by atoms with E-state index in [0.717, 1.165) is 13.2 Å². The monoisotopic (exact) mass is 226 g/mol. The van der Waals surface area contributed by atoms with Crippen LogP contribution in [0.4, 0.5) is 0 Å². The molecule has 0 aromatic carbocycles. The van der Waals surface area contributed by atoms with E-state index in [1.807, 2.05) is 0 Å².